The minimum Gasteiger partial charge on any atom is -0.482 e. The van der Waals surface area contributed by atoms with Gasteiger partial charge in [-0.05, 0) is 50.1 Å². The number of anilines is 2. The van der Waals surface area contributed by atoms with Crippen LogP contribution in [0.15, 0.2) is 42.5 Å². The fourth-order valence-corrected chi connectivity index (χ4v) is 3.30. The molecule has 2 aromatic rings. The number of carbonyl (C=O) groups excluding carboxylic acids is 2. The fourth-order valence-electron chi connectivity index (χ4n) is 3.30. The van der Waals surface area contributed by atoms with Crippen molar-refractivity contribution >= 4 is 23.3 Å². The fraction of sp³-hybridized carbons (Fsp3) is 0.364. The Bertz CT molecular complexity index is 846. The largest absolute Gasteiger partial charge is 0.482 e. The summed E-state index contributed by atoms with van der Waals surface area (Å²) >= 11 is 0. The van der Waals surface area contributed by atoms with Gasteiger partial charge in [0.25, 0.3) is 0 Å². The first kappa shape index (κ1) is 19.7. The van der Waals surface area contributed by atoms with Crippen LogP contribution in [-0.2, 0) is 27.4 Å². The lowest BCUT2D eigenvalue weighted by Gasteiger charge is -2.24. The normalized spacial score (nSPS) is 12.7. The quantitative estimate of drug-likeness (QED) is 0.708. The predicted octanol–water partition coefficient (Wildman–Crippen LogP) is 3.54. The monoisotopic (exact) mass is 382 g/mol. The highest BCUT2D eigenvalue weighted by Crippen LogP contribution is 2.27. The summed E-state index contributed by atoms with van der Waals surface area (Å²) in [6.07, 6.45) is 1.13. The molecule has 0 aromatic heterocycles. The van der Waals surface area contributed by atoms with Crippen LogP contribution in [0.25, 0.3) is 0 Å². The minimum absolute atomic E-state index is 0.0229. The lowest BCUT2D eigenvalue weighted by Crippen LogP contribution is -2.23. The molecule has 0 fully saturated rings. The number of esters is 1. The molecule has 1 aliphatic rings. The zero-order valence-corrected chi connectivity index (χ0v) is 16.4. The maximum atomic E-state index is 12.1. The molecule has 0 saturated carbocycles. The van der Waals surface area contributed by atoms with Gasteiger partial charge in [0.15, 0.2) is 6.61 Å². The smallest absolute Gasteiger partial charge is 0.344 e. The van der Waals surface area contributed by atoms with Crippen LogP contribution in [0, 0.1) is 0 Å². The maximum absolute atomic E-state index is 12.1. The van der Waals surface area contributed by atoms with E-state index in [2.05, 4.69) is 24.1 Å². The average molecular weight is 382 g/mol. The van der Waals surface area contributed by atoms with Crippen molar-refractivity contribution in [3.8, 4) is 5.75 Å². The molecule has 3 rings (SSSR count). The molecule has 1 N–H and O–H groups in total. The molecule has 148 valence electrons. The Hall–Kier alpha value is -3.02. The number of fused-ring (bicyclic) bond motifs is 1. The molecule has 1 heterocycles. The highest BCUT2D eigenvalue weighted by Gasteiger charge is 2.16. The number of hydrogen-bond acceptors (Lipinski definition) is 5. The van der Waals surface area contributed by atoms with E-state index in [0.717, 1.165) is 35.6 Å². The summed E-state index contributed by atoms with van der Waals surface area (Å²) in [5.74, 6) is 0.200. The lowest BCUT2D eigenvalue weighted by atomic mass is 10.0. The van der Waals surface area contributed by atoms with Crippen LogP contribution in [0.1, 0.15) is 31.4 Å². The topological polar surface area (TPSA) is 67.9 Å². The molecule has 1 amide bonds. The molecule has 2 aromatic carbocycles. The van der Waals surface area contributed by atoms with E-state index in [4.69, 9.17) is 9.47 Å². The van der Waals surface area contributed by atoms with Gasteiger partial charge in [-0.3, -0.25) is 4.79 Å². The first-order valence-electron chi connectivity index (χ1n) is 9.64. The van der Waals surface area contributed by atoms with Crippen molar-refractivity contribution in [3.63, 3.8) is 0 Å². The van der Waals surface area contributed by atoms with Gasteiger partial charge in [-0.15, -0.1) is 0 Å². The third-order valence-corrected chi connectivity index (χ3v) is 4.81. The van der Waals surface area contributed by atoms with E-state index in [-0.39, 0.29) is 19.1 Å². The number of aryl methyl sites for hydroxylation is 1. The van der Waals surface area contributed by atoms with Crippen molar-refractivity contribution in [3.05, 3.63) is 53.6 Å². The molecule has 6 nitrogen and oxygen atoms in total. The number of nitrogens with one attached hydrogen (secondary N) is 1. The Morgan fingerprint density at radius 2 is 1.89 bits per heavy atom. The number of carbonyl (C=O) groups is 2. The Morgan fingerprint density at radius 3 is 2.68 bits per heavy atom. The Labute approximate surface area is 165 Å². The zero-order chi connectivity index (χ0) is 19.9. The van der Waals surface area contributed by atoms with Gasteiger partial charge in [-0.1, -0.05) is 18.2 Å². The zero-order valence-electron chi connectivity index (χ0n) is 16.4. The van der Waals surface area contributed by atoms with Crippen molar-refractivity contribution in [1.29, 1.82) is 0 Å². The van der Waals surface area contributed by atoms with Gasteiger partial charge in [0.2, 0.25) is 5.91 Å². The first-order chi connectivity index (χ1) is 13.6. The van der Waals surface area contributed by atoms with E-state index in [1.165, 1.54) is 0 Å². The molecule has 0 atom stereocenters. The summed E-state index contributed by atoms with van der Waals surface area (Å²) in [5, 5.41) is 2.82. The van der Waals surface area contributed by atoms with E-state index in [1.54, 1.807) is 12.1 Å². The van der Waals surface area contributed by atoms with Crippen molar-refractivity contribution < 1.29 is 19.1 Å². The van der Waals surface area contributed by atoms with Crippen LogP contribution in [0.4, 0.5) is 11.4 Å². The van der Waals surface area contributed by atoms with Gasteiger partial charge >= 0.3 is 5.97 Å². The molecular formula is C22H26N2O4. The van der Waals surface area contributed by atoms with Gasteiger partial charge in [0, 0.05) is 36.4 Å². The maximum Gasteiger partial charge on any atom is 0.344 e. The summed E-state index contributed by atoms with van der Waals surface area (Å²) < 4.78 is 11.0. The van der Waals surface area contributed by atoms with Crippen LogP contribution >= 0.6 is 0 Å². The number of para-hydroxylation sites is 1. The second kappa shape index (κ2) is 9.26. The van der Waals surface area contributed by atoms with Crippen molar-refractivity contribution in [2.75, 3.05) is 29.9 Å². The minimum atomic E-state index is -0.416. The van der Waals surface area contributed by atoms with Gasteiger partial charge in [-0.2, -0.15) is 0 Å². The van der Waals surface area contributed by atoms with Crippen LogP contribution < -0.4 is 15.0 Å². The average Bonchev–Trinajstić information content (AvgIpc) is 2.72. The van der Waals surface area contributed by atoms with E-state index >= 15 is 0 Å². The number of hydrogen-bond donors (Lipinski definition) is 1. The SMILES string of the molecule is CCN(CC)c1ccccc1COC(=O)COc1ccc2c(c1)CCC(=O)N2. The number of ether oxygens (including phenoxy) is 2. The van der Waals surface area contributed by atoms with Crippen LogP contribution in [0.5, 0.6) is 5.75 Å². The van der Waals surface area contributed by atoms with E-state index < -0.39 is 5.97 Å². The van der Waals surface area contributed by atoms with Crippen LogP contribution in [-0.4, -0.2) is 31.6 Å². The highest BCUT2D eigenvalue weighted by atomic mass is 16.6. The van der Waals surface area contributed by atoms with Gasteiger partial charge in [-0.25, -0.2) is 4.79 Å². The Morgan fingerprint density at radius 1 is 1.11 bits per heavy atom. The van der Waals surface area contributed by atoms with E-state index in [9.17, 15) is 9.59 Å². The Kier molecular flexibility index (Phi) is 6.53. The first-order valence-corrected chi connectivity index (χ1v) is 9.64. The second-order valence-corrected chi connectivity index (χ2v) is 6.62. The molecule has 1 aliphatic heterocycles. The standard InChI is InChI=1S/C22H26N2O4/c1-3-24(4-2)20-8-6-5-7-17(20)14-28-22(26)15-27-18-10-11-19-16(13-18)9-12-21(25)23-19/h5-8,10-11,13H,3-4,9,12,14-15H2,1-2H3,(H,23,25). The molecule has 0 spiro atoms. The van der Waals surface area contributed by atoms with Crippen molar-refractivity contribution in [1.82, 2.24) is 0 Å². The Balaban J connectivity index is 1.54. The van der Waals surface area contributed by atoms with Gasteiger partial charge in [0.05, 0.1) is 0 Å². The molecule has 0 unspecified atom stereocenters. The molecular weight excluding hydrogens is 356 g/mol. The highest BCUT2D eigenvalue weighted by molar-refractivity contribution is 5.94. The number of nitrogens with zero attached hydrogens (tertiary/aromatic N) is 1. The van der Waals surface area contributed by atoms with Crippen LogP contribution in [0.2, 0.25) is 0 Å². The van der Waals surface area contributed by atoms with E-state index in [1.807, 2.05) is 30.3 Å². The molecule has 0 aliphatic carbocycles. The van der Waals surface area contributed by atoms with Crippen molar-refractivity contribution in [2.45, 2.75) is 33.3 Å². The van der Waals surface area contributed by atoms with Crippen LogP contribution in [0.3, 0.4) is 0 Å². The van der Waals surface area contributed by atoms with Gasteiger partial charge < -0.3 is 19.7 Å². The third kappa shape index (κ3) is 4.82. The second-order valence-electron chi connectivity index (χ2n) is 6.62. The predicted molar refractivity (Wildman–Crippen MR) is 109 cm³/mol. The summed E-state index contributed by atoms with van der Waals surface area (Å²) in [4.78, 5) is 25.8. The molecule has 0 saturated heterocycles. The molecule has 6 heteroatoms. The molecule has 28 heavy (non-hydrogen) atoms. The van der Waals surface area contributed by atoms with Gasteiger partial charge in [0.1, 0.15) is 12.4 Å². The summed E-state index contributed by atoms with van der Waals surface area (Å²) in [7, 11) is 0. The summed E-state index contributed by atoms with van der Waals surface area (Å²) in [5.41, 5.74) is 3.87. The summed E-state index contributed by atoms with van der Waals surface area (Å²) in [6.45, 7) is 6.05. The lowest BCUT2D eigenvalue weighted by molar-refractivity contribution is -0.147. The number of rotatable bonds is 8. The third-order valence-electron chi connectivity index (χ3n) is 4.81. The number of amides is 1. The van der Waals surface area contributed by atoms with E-state index in [0.29, 0.717) is 18.6 Å². The van der Waals surface area contributed by atoms with Crippen molar-refractivity contribution in [2.24, 2.45) is 0 Å². The summed E-state index contributed by atoms with van der Waals surface area (Å²) in [6, 6.07) is 13.3. The molecule has 0 bridgehead atoms. The number of benzene rings is 2. The molecule has 0 radical (unpaired) electrons.